The first-order valence-corrected chi connectivity index (χ1v) is 8.58. The summed E-state index contributed by atoms with van der Waals surface area (Å²) in [6.45, 7) is 3.79. The zero-order valence-corrected chi connectivity index (χ0v) is 15.3. The van der Waals surface area contributed by atoms with Crippen LogP contribution >= 0.6 is 15.9 Å². The summed E-state index contributed by atoms with van der Waals surface area (Å²) < 4.78 is 17.4. The number of carbonyl (C=O) groups is 1. The van der Waals surface area contributed by atoms with Crippen LogP contribution in [0.5, 0.6) is 5.75 Å². The van der Waals surface area contributed by atoms with E-state index in [2.05, 4.69) is 15.9 Å². The molecule has 0 aliphatic heterocycles. The van der Waals surface area contributed by atoms with Crippen LogP contribution in [0.4, 0.5) is 4.39 Å². The Morgan fingerprint density at radius 1 is 1.24 bits per heavy atom. The van der Waals surface area contributed by atoms with Crippen molar-refractivity contribution < 1.29 is 19.4 Å². The van der Waals surface area contributed by atoms with E-state index in [1.54, 1.807) is 13.0 Å². The predicted octanol–water partition coefficient (Wildman–Crippen LogP) is 4.79. The lowest BCUT2D eigenvalue weighted by Gasteiger charge is -2.11. The van der Waals surface area contributed by atoms with E-state index >= 15 is 0 Å². The Bertz CT molecular complexity index is 963. The van der Waals surface area contributed by atoms with Crippen LogP contribution in [0.25, 0.3) is 10.9 Å². The Kier molecular flexibility index (Phi) is 4.56. The van der Waals surface area contributed by atoms with Crippen molar-refractivity contribution in [3.05, 3.63) is 63.5 Å². The number of fused-ring (bicyclic) bond motifs is 1. The van der Waals surface area contributed by atoms with Gasteiger partial charge in [0.25, 0.3) is 0 Å². The highest BCUT2D eigenvalue weighted by Gasteiger charge is 2.26. The Balaban J connectivity index is 2.25. The summed E-state index contributed by atoms with van der Waals surface area (Å²) in [6.07, 6.45) is 0. The monoisotopic (exact) mass is 405 g/mol. The molecule has 0 radical (unpaired) electrons. The van der Waals surface area contributed by atoms with Crippen molar-refractivity contribution in [2.45, 2.75) is 26.3 Å². The third-order valence-corrected chi connectivity index (χ3v) is 5.04. The summed E-state index contributed by atoms with van der Waals surface area (Å²) in [5, 5.41) is 19.3. The Hall–Kier alpha value is -2.34. The van der Waals surface area contributed by atoms with Gasteiger partial charge in [-0.15, -0.1) is 0 Å². The lowest BCUT2D eigenvalue weighted by atomic mass is 9.97. The minimum atomic E-state index is -1.03. The molecule has 0 fully saturated rings. The second kappa shape index (κ2) is 6.52. The molecular formula is C19H17BrFNO3. The summed E-state index contributed by atoms with van der Waals surface area (Å²) in [6, 6.07) is 10.7. The number of phenolic OH excluding ortho intramolecular Hbond substituents is 1. The largest absolute Gasteiger partial charge is 0.505 e. The van der Waals surface area contributed by atoms with Crippen molar-refractivity contribution in [3.8, 4) is 5.75 Å². The predicted molar refractivity (Wildman–Crippen MR) is 97.6 cm³/mol. The Morgan fingerprint density at radius 3 is 2.48 bits per heavy atom. The number of phenols is 1. The van der Waals surface area contributed by atoms with Crippen LogP contribution in [0.3, 0.4) is 0 Å². The molecule has 0 spiro atoms. The molecule has 1 heterocycles. The van der Waals surface area contributed by atoms with Crippen molar-refractivity contribution in [2.24, 2.45) is 0 Å². The first kappa shape index (κ1) is 17.5. The molecule has 0 saturated carbocycles. The molecule has 25 heavy (non-hydrogen) atoms. The molecule has 1 aromatic heterocycles. The lowest BCUT2D eigenvalue weighted by Crippen LogP contribution is -2.10. The van der Waals surface area contributed by atoms with E-state index in [9.17, 15) is 19.4 Å². The van der Waals surface area contributed by atoms with Crippen LogP contribution in [0.2, 0.25) is 0 Å². The summed E-state index contributed by atoms with van der Waals surface area (Å²) in [5.74, 6) is -3.18. The number of hydrogen-bond donors (Lipinski definition) is 2. The highest BCUT2D eigenvalue weighted by Crippen LogP contribution is 2.37. The Labute approximate surface area is 152 Å². The molecule has 0 aliphatic carbocycles. The van der Waals surface area contributed by atoms with Crippen LogP contribution < -0.4 is 0 Å². The standard InChI is InChI=1S/C19H17BrFNO3/c1-10(19(24)25)16-11(2)22(9-12-3-5-13(20)6-4-12)14-7-8-15(23)18(21)17(14)16/h3-8,10,23H,9H2,1-2H3,(H,24,25). The summed E-state index contributed by atoms with van der Waals surface area (Å²) in [4.78, 5) is 11.5. The summed E-state index contributed by atoms with van der Waals surface area (Å²) in [5.41, 5.74) is 2.65. The van der Waals surface area contributed by atoms with Crippen molar-refractivity contribution in [3.63, 3.8) is 0 Å². The first-order chi connectivity index (χ1) is 11.8. The third-order valence-electron chi connectivity index (χ3n) is 4.51. The topological polar surface area (TPSA) is 62.5 Å². The van der Waals surface area contributed by atoms with Gasteiger partial charge in [0.15, 0.2) is 11.6 Å². The van der Waals surface area contributed by atoms with Gasteiger partial charge in [0.05, 0.1) is 11.4 Å². The van der Waals surface area contributed by atoms with Gasteiger partial charge in [-0.1, -0.05) is 28.1 Å². The molecule has 0 amide bonds. The maximum atomic E-state index is 14.6. The van der Waals surface area contributed by atoms with E-state index in [1.165, 1.54) is 13.0 Å². The number of benzene rings is 2. The number of nitrogens with zero attached hydrogens (tertiary/aromatic N) is 1. The number of aliphatic carboxylic acids is 1. The van der Waals surface area contributed by atoms with Crippen molar-refractivity contribution in [2.75, 3.05) is 0 Å². The summed E-state index contributed by atoms with van der Waals surface area (Å²) in [7, 11) is 0. The third kappa shape index (κ3) is 3.02. The zero-order valence-electron chi connectivity index (χ0n) is 13.8. The lowest BCUT2D eigenvalue weighted by molar-refractivity contribution is -0.138. The highest BCUT2D eigenvalue weighted by atomic mass is 79.9. The van der Waals surface area contributed by atoms with E-state index in [0.717, 1.165) is 10.0 Å². The van der Waals surface area contributed by atoms with Crippen LogP contribution in [-0.2, 0) is 11.3 Å². The summed E-state index contributed by atoms with van der Waals surface area (Å²) >= 11 is 3.39. The molecule has 1 atom stereocenters. The van der Waals surface area contributed by atoms with Gasteiger partial charge < -0.3 is 14.8 Å². The number of aromatic nitrogens is 1. The van der Waals surface area contributed by atoms with E-state index in [4.69, 9.17) is 0 Å². The van der Waals surface area contributed by atoms with Gasteiger partial charge in [0.1, 0.15) is 0 Å². The average molecular weight is 406 g/mol. The zero-order chi connectivity index (χ0) is 18.3. The quantitative estimate of drug-likeness (QED) is 0.655. The SMILES string of the molecule is Cc1c(C(C)C(=O)O)c2c(F)c(O)ccc2n1Cc1ccc(Br)cc1. The molecule has 6 heteroatoms. The van der Waals surface area contributed by atoms with Crippen LogP contribution in [0.1, 0.15) is 29.7 Å². The first-order valence-electron chi connectivity index (χ1n) is 7.78. The number of aromatic hydroxyl groups is 1. The van der Waals surface area contributed by atoms with Gasteiger partial charge in [0, 0.05) is 22.1 Å². The minimum Gasteiger partial charge on any atom is -0.505 e. The molecule has 3 rings (SSSR count). The van der Waals surface area contributed by atoms with Crippen molar-refractivity contribution in [1.29, 1.82) is 0 Å². The molecule has 2 N–H and O–H groups in total. The van der Waals surface area contributed by atoms with Crippen LogP contribution in [0, 0.1) is 12.7 Å². The minimum absolute atomic E-state index is 0.171. The van der Waals surface area contributed by atoms with E-state index in [1.807, 2.05) is 28.8 Å². The number of rotatable bonds is 4. The van der Waals surface area contributed by atoms with Crippen LogP contribution in [0.15, 0.2) is 40.9 Å². The van der Waals surface area contributed by atoms with E-state index in [-0.39, 0.29) is 5.39 Å². The van der Waals surface area contributed by atoms with E-state index < -0.39 is 23.5 Å². The second-order valence-corrected chi connectivity index (χ2v) is 6.98. The molecule has 0 bridgehead atoms. The number of carboxylic acids is 1. The maximum Gasteiger partial charge on any atom is 0.310 e. The van der Waals surface area contributed by atoms with Crippen LogP contribution in [-0.4, -0.2) is 20.7 Å². The van der Waals surface area contributed by atoms with Gasteiger partial charge in [-0.3, -0.25) is 4.79 Å². The average Bonchev–Trinajstić information content (AvgIpc) is 2.85. The fourth-order valence-electron chi connectivity index (χ4n) is 3.17. The van der Waals surface area contributed by atoms with Gasteiger partial charge in [-0.05, 0) is 49.2 Å². The van der Waals surface area contributed by atoms with Gasteiger partial charge in [-0.2, -0.15) is 0 Å². The molecule has 130 valence electrons. The molecule has 1 unspecified atom stereocenters. The number of carboxylic acid groups (broad SMARTS) is 1. The van der Waals surface area contributed by atoms with E-state index in [0.29, 0.717) is 23.3 Å². The van der Waals surface area contributed by atoms with Gasteiger partial charge in [-0.25, -0.2) is 4.39 Å². The molecule has 2 aromatic carbocycles. The van der Waals surface area contributed by atoms with Gasteiger partial charge >= 0.3 is 5.97 Å². The molecule has 3 aromatic rings. The maximum absolute atomic E-state index is 14.6. The number of halogens is 2. The normalized spacial score (nSPS) is 12.5. The second-order valence-electron chi connectivity index (χ2n) is 6.06. The van der Waals surface area contributed by atoms with Gasteiger partial charge in [0.2, 0.25) is 0 Å². The molecule has 4 nitrogen and oxygen atoms in total. The smallest absolute Gasteiger partial charge is 0.310 e. The molecule has 0 saturated heterocycles. The van der Waals surface area contributed by atoms with Crippen molar-refractivity contribution in [1.82, 2.24) is 4.57 Å². The number of hydrogen-bond acceptors (Lipinski definition) is 2. The Morgan fingerprint density at radius 2 is 1.88 bits per heavy atom. The van der Waals surface area contributed by atoms with Crippen molar-refractivity contribution >= 4 is 32.8 Å². The molecule has 0 aliphatic rings. The fraction of sp³-hybridized carbons (Fsp3) is 0.211. The highest BCUT2D eigenvalue weighted by molar-refractivity contribution is 9.10. The fourth-order valence-corrected chi connectivity index (χ4v) is 3.44. The molecular weight excluding hydrogens is 389 g/mol.